The molecule has 0 saturated carbocycles. The molecule has 0 fully saturated rings. The number of nitrogens with zero attached hydrogens (tertiary/aromatic N) is 3. The van der Waals surface area contributed by atoms with Gasteiger partial charge in [-0.25, -0.2) is 10.1 Å². The van der Waals surface area contributed by atoms with Gasteiger partial charge < -0.3 is 9.47 Å². The number of nitrogens with one attached hydrogen (secondary N) is 1. The molecular formula is C19H19N5O4S. The van der Waals surface area contributed by atoms with Crippen LogP contribution in [-0.2, 0) is 16.8 Å². The number of benzene rings is 2. The topological polar surface area (TPSA) is 121 Å². The molecule has 0 radical (unpaired) electrons. The van der Waals surface area contributed by atoms with Crippen molar-refractivity contribution >= 4 is 32.1 Å². The lowest BCUT2D eigenvalue weighted by Gasteiger charge is -2.11. The molecule has 0 spiro atoms. The number of rotatable bonds is 6. The van der Waals surface area contributed by atoms with Crippen molar-refractivity contribution in [1.82, 2.24) is 19.3 Å². The number of fused-ring (bicyclic) bond motifs is 3. The summed E-state index contributed by atoms with van der Waals surface area (Å²) in [5.74, 6) is 1.20. The number of hydrogen-bond acceptors (Lipinski definition) is 6. The molecule has 2 heterocycles. The van der Waals surface area contributed by atoms with Crippen LogP contribution in [0.2, 0.25) is 0 Å². The first kappa shape index (κ1) is 19.1. The van der Waals surface area contributed by atoms with Gasteiger partial charge in [0, 0.05) is 23.7 Å². The zero-order valence-corrected chi connectivity index (χ0v) is 16.6. The molecule has 0 amide bonds. The fraction of sp³-hybridized carbons (Fsp3) is 0.158. The standard InChI is InChI=1S/C19H19N5O4S/c1-27-17-7-14-15(8-18(17)28-2)21-10-16-19(14)24(11-22-16)13-5-3-12(4-6-13)9-23-29(20,25)26/h3-8,10-11,23H,9H2,1-2H3,(H2,20,25,26). The summed E-state index contributed by atoms with van der Waals surface area (Å²) >= 11 is 0. The van der Waals surface area contributed by atoms with Gasteiger partial charge in [-0.2, -0.15) is 13.1 Å². The van der Waals surface area contributed by atoms with E-state index in [4.69, 9.17) is 14.6 Å². The van der Waals surface area contributed by atoms with Gasteiger partial charge in [0.05, 0.1) is 31.4 Å². The first-order chi connectivity index (χ1) is 13.9. The van der Waals surface area contributed by atoms with Crippen molar-refractivity contribution in [3.05, 3.63) is 54.5 Å². The van der Waals surface area contributed by atoms with Crippen LogP contribution in [0.5, 0.6) is 11.5 Å². The first-order valence-corrected chi connectivity index (χ1v) is 10.2. The molecule has 29 heavy (non-hydrogen) atoms. The molecule has 0 unspecified atom stereocenters. The molecule has 150 valence electrons. The highest BCUT2D eigenvalue weighted by Crippen LogP contribution is 2.35. The fourth-order valence-electron chi connectivity index (χ4n) is 3.17. The Hall–Kier alpha value is -3.21. The molecule has 0 atom stereocenters. The Balaban J connectivity index is 1.81. The highest BCUT2D eigenvalue weighted by molar-refractivity contribution is 7.87. The number of ether oxygens (including phenoxy) is 2. The van der Waals surface area contributed by atoms with E-state index in [-0.39, 0.29) is 6.54 Å². The minimum atomic E-state index is -3.74. The molecular weight excluding hydrogens is 394 g/mol. The quantitative estimate of drug-likeness (QED) is 0.498. The molecule has 0 aliphatic heterocycles. The Morgan fingerprint density at radius 1 is 1.03 bits per heavy atom. The number of methoxy groups -OCH3 is 2. The third kappa shape index (κ3) is 3.73. The van der Waals surface area contributed by atoms with Crippen molar-refractivity contribution in [2.45, 2.75) is 6.54 Å². The minimum Gasteiger partial charge on any atom is -0.493 e. The molecule has 0 aliphatic carbocycles. The van der Waals surface area contributed by atoms with Crippen LogP contribution < -0.4 is 19.3 Å². The van der Waals surface area contributed by atoms with Gasteiger partial charge in [0.2, 0.25) is 0 Å². The van der Waals surface area contributed by atoms with Crippen LogP contribution in [0.3, 0.4) is 0 Å². The number of pyridine rings is 1. The second-order valence-corrected chi connectivity index (χ2v) is 7.74. The number of imidazole rings is 1. The van der Waals surface area contributed by atoms with Gasteiger partial charge in [-0.3, -0.25) is 9.55 Å². The van der Waals surface area contributed by atoms with Gasteiger partial charge in [-0.1, -0.05) is 12.1 Å². The molecule has 10 heteroatoms. The number of aromatic nitrogens is 3. The maximum Gasteiger partial charge on any atom is 0.274 e. The van der Waals surface area contributed by atoms with E-state index in [2.05, 4.69) is 14.7 Å². The van der Waals surface area contributed by atoms with Gasteiger partial charge >= 0.3 is 0 Å². The van der Waals surface area contributed by atoms with Crippen molar-refractivity contribution < 1.29 is 17.9 Å². The molecule has 0 saturated heterocycles. The molecule has 4 aromatic rings. The van der Waals surface area contributed by atoms with Gasteiger partial charge in [-0.05, 0) is 23.8 Å². The second-order valence-electron chi connectivity index (χ2n) is 6.36. The predicted molar refractivity (Wildman–Crippen MR) is 109 cm³/mol. The van der Waals surface area contributed by atoms with E-state index in [1.807, 2.05) is 41.0 Å². The van der Waals surface area contributed by atoms with Gasteiger partial charge in [0.1, 0.15) is 11.8 Å². The molecule has 2 aromatic carbocycles. The molecule has 4 rings (SSSR count). The lowest BCUT2D eigenvalue weighted by Crippen LogP contribution is -2.30. The summed E-state index contributed by atoms with van der Waals surface area (Å²) in [6.07, 6.45) is 3.44. The highest BCUT2D eigenvalue weighted by atomic mass is 32.2. The van der Waals surface area contributed by atoms with E-state index in [0.29, 0.717) is 11.5 Å². The summed E-state index contributed by atoms with van der Waals surface area (Å²) < 4.78 is 37.1. The Morgan fingerprint density at radius 2 is 1.72 bits per heavy atom. The SMILES string of the molecule is COc1cc2ncc3ncn(-c4ccc(CNS(N)(=O)=O)cc4)c3c2cc1OC. The summed E-state index contributed by atoms with van der Waals surface area (Å²) in [5, 5.41) is 5.85. The monoisotopic (exact) mass is 413 g/mol. The Labute approximate surface area is 167 Å². The normalized spacial score (nSPS) is 11.8. The van der Waals surface area contributed by atoms with Crippen LogP contribution in [0.15, 0.2) is 48.9 Å². The average molecular weight is 413 g/mol. The summed E-state index contributed by atoms with van der Waals surface area (Å²) in [7, 11) is -0.567. The van der Waals surface area contributed by atoms with E-state index < -0.39 is 10.2 Å². The summed E-state index contributed by atoms with van der Waals surface area (Å²) in [6, 6.07) is 11.1. The van der Waals surface area contributed by atoms with Crippen molar-refractivity contribution in [1.29, 1.82) is 0 Å². The van der Waals surface area contributed by atoms with E-state index in [1.54, 1.807) is 26.7 Å². The minimum absolute atomic E-state index is 0.119. The maximum absolute atomic E-state index is 11.1. The van der Waals surface area contributed by atoms with Crippen LogP contribution in [0, 0.1) is 0 Å². The molecule has 0 bridgehead atoms. The fourth-order valence-corrected chi connectivity index (χ4v) is 3.54. The van der Waals surface area contributed by atoms with Crippen molar-refractivity contribution in [2.24, 2.45) is 5.14 Å². The molecule has 2 aromatic heterocycles. The maximum atomic E-state index is 11.1. The largest absolute Gasteiger partial charge is 0.493 e. The third-order valence-electron chi connectivity index (χ3n) is 4.57. The molecule has 9 nitrogen and oxygen atoms in total. The highest BCUT2D eigenvalue weighted by Gasteiger charge is 2.14. The Morgan fingerprint density at radius 3 is 2.38 bits per heavy atom. The van der Waals surface area contributed by atoms with Crippen molar-refractivity contribution in [2.75, 3.05) is 14.2 Å². The van der Waals surface area contributed by atoms with Crippen LogP contribution in [-0.4, -0.2) is 37.2 Å². The first-order valence-electron chi connectivity index (χ1n) is 8.64. The van der Waals surface area contributed by atoms with Crippen molar-refractivity contribution in [3.63, 3.8) is 0 Å². The summed E-state index contributed by atoms with van der Waals surface area (Å²) in [4.78, 5) is 8.93. The number of hydrogen-bond donors (Lipinski definition) is 2. The Kier molecular flexibility index (Phi) is 4.82. The van der Waals surface area contributed by atoms with E-state index in [9.17, 15) is 8.42 Å². The average Bonchev–Trinajstić information content (AvgIpc) is 3.15. The van der Waals surface area contributed by atoms with Crippen LogP contribution in [0.25, 0.3) is 27.6 Å². The second kappa shape index (κ2) is 7.32. The zero-order valence-electron chi connectivity index (χ0n) is 15.8. The smallest absolute Gasteiger partial charge is 0.274 e. The summed E-state index contributed by atoms with van der Waals surface area (Å²) in [5.41, 5.74) is 4.03. The Bertz CT molecular complexity index is 1300. The van der Waals surface area contributed by atoms with Gasteiger partial charge in [0.25, 0.3) is 10.2 Å². The lowest BCUT2D eigenvalue weighted by molar-refractivity contribution is 0.356. The summed E-state index contributed by atoms with van der Waals surface area (Å²) in [6.45, 7) is 0.119. The molecule has 3 N–H and O–H groups in total. The lowest BCUT2D eigenvalue weighted by atomic mass is 10.1. The number of nitrogens with two attached hydrogens (primary N) is 1. The van der Waals surface area contributed by atoms with Gasteiger partial charge in [0.15, 0.2) is 11.5 Å². The van der Waals surface area contributed by atoms with Crippen molar-refractivity contribution in [3.8, 4) is 17.2 Å². The third-order valence-corrected chi connectivity index (χ3v) is 5.12. The zero-order chi connectivity index (χ0) is 20.6. The van der Waals surface area contributed by atoms with E-state index in [0.717, 1.165) is 33.2 Å². The van der Waals surface area contributed by atoms with Crippen LogP contribution in [0.4, 0.5) is 0 Å². The van der Waals surface area contributed by atoms with Gasteiger partial charge in [-0.15, -0.1) is 0 Å². The van der Waals surface area contributed by atoms with Crippen LogP contribution >= 0.6 is 0 Å². The van der Waals surface area contributed by atoms with E-state index >= 15 is 0 Å². The molecule has 0 aliphatic rings. The predicted octanol–water partition coefficient (Wildman–Crippen LogP) is 1.88. The van der Waals surface area contributed by atoms with Crippen LogP contribution in [0.1, 0.15) is 5.56 Å². The van der Waals surface area contributed by atoms with E-state index in [1.165, 1.54) is 0 Å².